The van der Waals surface area contributed by atoms with Crippen molar-refractivity contribution in [3.63, 3.8) is 0 Å². The molecule has 1 aliphatic heterocycles. The van der Waals surface area contributed by atoms with Crippen LogP contribution in [0, 0.1) is 0 Å². The molecule has 150 valence electrons. The number of nitrogens with one attached hydrogen (secondary N) is 1. The zero-order valence-electron chi connectivity index (χ0n) is 16.5. The van der Waals surface area contributed by atoms with Gasteiger partial charge in [0.1, 0.15) is 0 Å². The van der Waals surface area contributed by atoms with Crippen molar-refractivity contribution < 1.29 is 14.2 Å². The van der Waals surface area contributed by atoms with Crippen LogP contribution < -0.4 is 19.5 Å². The lowest BCUT2D eigenvalue weighted by atomic mass is 10.1. The topological polar surface area (TPSA) is 78.4 Å². The third-order valence-electron chi connectivity index (χ3n) is 4.40. The third-order valence-corrected chi connectivity index (χ3v) is 5.12. The van der Waals surface area contributed by atoms with Gasteiger partial charge in [0.25, 0.3) is 0 Å². The molecule has 3 aromatic rings. The highest BCUT2D eigenvalue weighted by molar-refractivity contribution is 7.99. The van der Waals surface area contributed by atoms with Gasteiger partial charge in [-0.05, 0) is 30.9 Å². The van der Waals surface area contributed by atoms with E-state index < -0.39 is 6.23 Å². The zero-order chi connectivity index (χ0) is 20.2. The molecule has 0 saturated carbocycles. The Morgan fingerprint density at radius 2 is 1.97 bits per heavy atom. The average Bonchev–Trinajstić information content (AvgIpc) is 2.90. The highest BCUT2D eigenvalue weighted by atomic mass is 32.2. The van der Waals surface area contributed by atoms with Crippen molar-refractivity contribution >= 4 is 17.4 Å². The van der Waals surface area contributed by atoms with Crippen LogP contribution in [0.25, 0.3) is 11.3 Å². The summed E-state index contributed by atoms with van der Waals surface area (Å²) in [5.74, 6) is 2.57. The summed E-state index contributed by atoms with van der Waals surface area (Å²) in [7, 11) is 1.62. The van der Waals surface area contributed by atoms with Crippen LogP contribution >= 0.6 is 11.8 Å². The van der Waals surface area contributed by atoms with Crippen molar-refractivity contribution in [2.45, 2.75) is 25.2 Å². The molecule has 0 saturated heterocycles. The summed E-state index contributed by atoms with van der Waals surface area (Å²) in [6.45, 7) is 4.53. The second kappa shape index (κ2) is 8.57. The van der Waals surface area contributed by atoms with Crippen LogP contribution in [0.15, 0.2) is 47.6 Å². The monoisotopic (exact) mass is 410 g/mol. The van der Waals surface area contributed by atoms with Gasteiger partial charge in [0.2, 0.25) is 17.3 Å². The van der Waals surface area contributed by atoms with Gasteiger partial charge in [-0.25, -0.2) is 0 Å². The van der Waals surface area contributed by atoms with Crippen molar-refractivity contribution in [1.82, 2.24) is 15.2 Å². The molecule has 1 aliphatic rings. The molecular formula is C21H22N4O3S. The maximum atomic E-state index is 6.31. The van der Waals surface area contributed by atoms with Gasteiger partial charge in [-0.2, -0.15) is 4.98 Å². The molecule has 2 aromatic carbocycles. The van der Waals surface area contributed by atoms with Gasteiger partial charge in [-0.3, -0.25) is 0 Å². The van der Waals surface area contributed by atoms with Gasteiger partial charge in [0, 0.05) is 11.3 Å². The van der Waals surface area contributed by atoms with Gasteiger partial charge < -0.3 is 19.5 Å². The number of aromatic nitrogens is 3. The highest BCUT2D eigenvalue weighted by Crippen LogP contribution is 2.43. The Morgan fingerprint density at radius 1 is 1.10 bits per heavy atom. The Bertz CT molecular complexity index is 1010. The van der Waals surface area contributed by atoms with E-state index >= 15 is 0 Å². The fourth-order valence-electron chi connectivity index (χ4n) is 3.21. The zero-order valence-corrected chi connectivity index (χ0v) is 17.3. The molecule has 0 aliphatic carbocycles. The first kappa shape index (κ1) is 19.3. The van der Waals surface area contributed by atoms with E-state index in [1.54, 1.807) is 7.11 Å². The van der Waals surface area contributed by atoms with Gasteiger partial charge >= 0.3 is 0 Å². The van der Waals surface area contributed by atoms with E-state index in [4.69, 9.17) is 14.2 Å². The quantitative estimate of drug-likeness (QED) is 0.593. The molecule has 1 N–H and O–H groups in total. The Morgan fingerprint density at radius 3 is 2.76 bits per heavy atom. The van der Waals surface area contributed by atoms with Crippen molar-refractivity contribution in [3.8, 4) is 28.6 Å². The normalized spacial score (nSPS) is 14.7. The molecule has 1 unspecified atom stereocenters. The number of fused-ring (bicyclic) bond motifs is 3. The van der Waals surface area contributed by atoms with Crippen LogP contribution in [0.2, 0.25) is 0 Å². The van der Waals surface area contributed by atoms with Crippen molar-refractivity contribution in [2.24, 2.45) is 0 Å². The van der Waals surface area contributed by atoms with Crippen molar-refractivity contribution in [3.05, 3.63) is 48.0 Å². The summed E-state index contributed by atoms with van der Waals surface area (Å²) < 4.78 is 17.7. The van der Waals surface area contributed by atoms with Gasteiger partial charge in [-0.1, -0.05) is 43.0 Å². The molecule has 8 heteroatoms. The number of methoxy groups -OCH3 is 1. The van der Waals surface area contributed by atoms with E-state index in [1.165, 1.54) is 11.8 Å². The van der Waals surface area contributed by atoms with E-state index in [9.17, 15) is 0 Å². The summed E-state index contributed by atoms with van der Waals surface area (Å²) in [5.41, 5.74) is 3.19. The molecule has 0 fully saturated rings. The molecule has 1 atom stereocenters. The number of hydrogen-bond donors (Lipinski definition) is 1. The fourth-order valence-corrected chi connectivity index (χ4v) is 3.71. The minimum absolute atomic E-state index is 0.433. The smallest absolute Gasteiger partial charge is 0.247 e. The first-order valence-electron chi connectivity index (χ1n) is 9.45. The maximum Gasteiger partial charge on any atom is 0.247 e. The number of rotatable bonds is 6. The Labute approximate surface area is 173 Å². The van der Waals surface area contributed by atoms with E-state index in [1.807, 2.05) is 56.3 Å². The summed E-state index contributed by atoms with van der Waals surface area (Å²) in [6.07, 6.45) is -0.538. The van der Waals surface area contributed by atoms with Crippen LogP contribution in [0.1, 0.15) is 25.6 Å². The van der Waals surface area contributed by atoms with E-state index in [0.717, 1.165) is 22.6 Å². The minimum Gasteiger partial charge on any atom is -0.492 e. The molecule has 2 heterocycles. The lowest BCUT2D eigenvalue weighted by molar-refractivity contribution is 0.217. The molecule has 1 aromatic heterocycles. The first-order valence-corrected chi connectivity index (χ1v) is 10.4. The predicted octanol–water partition coefficient (Wildman–Crippen LogP) is 4.56. The highest BCUT2D eigenvalue weighted by Gasteiger charge is 2.28. The lowest BCUT2D eigenvalue weighted by Gasteiger charge is -2.22. The minimum atomic E-state index is -0.538. The molecular weight excluding hydrogens is 388 g/mol. The number of ether oxygens (including phenoxy) is 3. The van der Waals surface area contributed by atoms with Gasteiger partial charge in [0.05, 0.1) is 19.3 Å². The number of para-hydroxylation sites is 2. The Hall–Kier alpha value is -3.00. The summed E-state index contributed by atoms with van der Waals surface area (Å²) in [5, 5.41) is 12.7. The predicted molar refractivity (Wildman–Crippen MR) is 113 cm³/mol. The van der Waals surface area contributed by atoms with E-state index in [-0.39, 0.29) is 0 Å². The maximum absolute atomic E-state index is 6.31. The van der Waals surface area contributed by atoms with Crippen LogP contribution in [-0.2, 0) is 0 Å². The molecule has 7 nitrogen and oxygen atoms in total. The number of nitrogens with zero attached hydrogens (tertiary/aromatic N) is 3. The summed E-state index contributed by atoms with van der Waals surface area (Å²) in [4.78, 5) is 4.61. The second-order valence-electron chi connectivity index (χ2n) is 6.18. The summed E-state index contributed by atoms with van der Waals surface area (Å²) >= 11 is 1.52. The number of benzene rings is 2. The lowest BCUT2D eigenvalue weighted by Crippen LogP contribution is -2.18. The van der Waals surface area contributed by atoms with Gasteiger partial charge in [0.15, 0.2) is 17.2 Å². The number of hydrogen-bond acceptors (Lipinski definition) is 8. The Kier molecular flexibility index (Phi) is 5.71. The SMILES string of the molecule is CCOc1cccc(C2Nc3ccccc3-c3nnc(SCC)nc3O2)c1OC. The van der Waals surface area contributed by atoms with E-state index in [0.29, 0.717) is 34.8 Å². The van der Waals surface area contributed by atoms with Gasteiger partial charge in [-0.15, -0.1) is 10.2 Å². The third kappa shape index (κ3) is 3.80. The first-order chi connectivity index (χ1) is 14.2. The fraction of sp³-hybridized carbons (Fsp3) is 0.286. The standard InChI is InChI=1S/C21H22N4O3S/c1-4-27-16-12-8-10-14(18(16)26-3)19-22-15-11-7-6-9-13(15)17-20(28-19)23-21(25-24-17)29-5-2/h6-12,19,22H,4-5H2,1-3H3. The molecule has 0 bridgehead atoms. The number of thioether (sulfide) groups is 1. The summed E-state index contributed by atoms with van der Waals surface area (Å²) in [6, 6.07) is 13.6. The molecule has 0 amide bonds. The van der Waals surface area contributed by atoms with E-state index in [2.05, 4.69) is 20.5 Å². The average molecular weight is 410 g/mol. The van der Waals surface area contributed by atoms with Crippen LogP contribution in [0.3, 0.4) is 0 Å². The molecule has 4 rings (SSSR count). The van der Waals surface area contributed by atoms with Crippen LogP contribution in [0.5, 0.6) is 17.4 Å². The van der Waals surface area contributed by atoms with Crippen molar-refractivity contribution in [1.29, 1.82) is 0 Å². The molecule has 0 radical (unpaired) electrons. The second-order valence-corrected chi connectivity index (χ2v) is 7.41. The molecule has 0 spiro atoms. The Balaban J connectivity index is 1.84. The molecule has 29 heavy (non-hydrogen) atoms. The van der Waals surface area contributed by atoms with Crippen LogP contribution in [0.4, 0.5) is 5.69 Å². The number of anilines is 1. The van der Waals surface area contributed by atoms with Crippen molar-refractivity contribution in [2.75, 3.05) is 24.8 Å². The van der Waals surface area contributed by atoms with Crippen LogP contribution in [-0.4, -0.2) is 34.7 Å². The largest absolute Gasteiger partial charge is 0.492 e.